The second-order valence-corrected chi connectivity index (χ2v) is 7.07. The van der Waals surface area contributed by atoms with Gasteiger partial charge in [-0.2, -0.15) is 0 Å². The van der Waals surface area contributed by atoms with Crippen LogP contribution in [-0.4, -0.2) is 61.6 Å². The van der Waals surface area contributed by atoms with Gasteiger partial charge >= 0.3 is 0 Å². The van der Waals surface area contributed by atoms with E-state index in [-0.39, 0.29) is 11.8 Å². The lowest BCUT2D eigenvalue weighted by Gasteiger charge is -2.27. The summed E-state index contributed by atoms with van der Waals surface area (Å²) in [6.07, 6.45) is 0.890. The van der Waals surface area contributed by atoms with Crippen LogP contribution in [0.1, 0.15) is 29.9 Å². The molecule has 1 aromatic heterocycles. The van der Waals surface area contributed by atoms with E-state index in [1.807, 2.05) is 11.4 Å². The van der Waals surface area contributed by atoms with Crippen LogP contribution in [0.2, 0.25) is 0 Å². The zero-order valence-corrected chi connectivity index (χ0v) is 14.6. The first-order chi connectivity index (χ1) is 11.0. The van der Waals surface area contributed by atoms with Crippen molar-refractivity contribution in [3.63, 3.8) is 0 Å². The van der Waals surface area contributed by atoms with Crippen LogP contribution < -0.4 is 10.6 Å². The summed E-state index contributed by atoms with van der Waals surface area (Å²) in [6.45, 7) is 8.47. The van der Waals surface area contributed by atoms with E-state index >= 15 is 0 Å². The number of thiophene rings is 1. The monoisotopic (exact) mass is 339 g/mol. The smallest absolute Gasteiger partial charge is 0.262 e. The average Bonchev–Trinajstić information content (AvgIpc) is 3.06. The number of hydrogen-bond acceptors (Lipinski definition) is 5. The molecule has 1 aliphatic rings. The van der Waals surface area contributed by atoms with Crippen molar-refractivity contribution in [2.75, 3.05) is 39.4 Å². The molecule has 2 amide bonds. The average molecular weight is 339 g/mol. The van der Waals surface area contributed by atoms with Crippen LogP contribution in [0.4, 0.5) is 0 Å². The zero-order chi connectivity index (χ0) is 16.7. The Kier molecular flexibility index (Phi) is 6.56. The fourth-order valence-corrected chi connectivity index (χ4v) is 2.98. The van der Waals surface area contributed by atoms with Crippen LogP contribution in [0.25, 0.3) is 0 Å². The van der Waals surface area contributed by atoms with Crippen molar-refractivity contribution < 1.29 is 14.3 Å². The quantitative estimate of drug-likeness (QED) is 0.730. The normalized spacial score (nSPS) is 16.1. The van der Waals surface area contributed by atoms with Gasteiger partial charge in [0.2, 0.25) is 5.91 Å². The van der Waals surface area contributed by atoms with Gasteiger partial charge in [-0.05, 0) is 38.3 Å². The Bertz CT molecular complexity index is 511. The molecule has 0 aliphatic carbocycles. The Balaban J connectivity index is 1.69. The van der Waals surface area contributed by atoms with Crippen molar-refractivity contribution in [1.82, 2.24) is 15.5 Å². The molecule has 0 aromatic carbocycles. The highest BCUT2D eigenvalue weighted by atomic mass is 32.1. The van der Waals surface area contributed by atoms with Crippen LogP contribution in [0.15, 0.2) is 17.5 Å². The Morgan fingerprint density at radius 3 is 2.74 bits per heavy atom. The highest BCUT2D eigenvalue weighted by Gasteiger charge is 2.29. The molecule has 1 saturated heterocycles. The summed E-state index contributed by atoms with van der Waals surface area (Å²) >= 11 is 1.36. The number of carbonyl (C=O) groups excluding carboxylic acids is 2. The number of hydrogen-bond donors (Lipinski definition) is 2. The molecule has 2 heterocycles. The zero-order valence-electron chi connectivity index (χ0n) is 13.8. The summed E-state index contributed by atoms with van der Waals surface area (Å²) in [5.41, 5.74) is -0.931. The predicted molar refractivity (Wildman–Crippen MR) is 90.7 cm³/mol. The minimum absolute atomic E-state index is 0.163. The van der Waals surface area contributed by atoms with Crippen molar-refractivity contribution >= 4 is 23.2 Å². The Labute approximate surface area is 141 Å². The summed E-state index contributed by atoms with van der Waals surface area (Å²) in [6, 6.07) is 3.56. The molecular weight excluding hydrogens is 314 g/mol. The summed E-state index contributed by atoms with van der Waals surface area (Å²) < 4.78 is 5.31. The van der Waals surface area contributed by atoms with Gasteiger partial charge in [0.15, 0.2) is 0 Å². The summed E-state index contributed by atoms with van der Waals surface area (Å²) in [7, 11) is 0. The molecule has 2 N–H and O–H groups in total. The standard InChI is InChI=1S/C16H25N3O3S/c1-16(2,18-14(20)13-5-3-12-23-13)15(21)17-6-4-7-19-8-10-22-11-9-19/h3,5,12H,4,6-11H2,1-2H3,(H,17,21)(H,18,20). The number of rotatable bonds is 7. The van der Waals surface area contributed by atoms with E-state index < -0.39 is 5.54 Å². The first kappa shape index (κ1) is 17.9. The van der Waals surface area contributed by atoms with E-state index in [0.29, 0.717) is 11.4 Å². The van der Waals surface area contributed by atoms with Crippen molar-refractivity contribution in [3.05, 3.63) is 22.4 Å². The van der Waals surface area contributed by atoms with Crippen molar-refractivity contribution in [1.29, 1.82) is 0 Å². The van der Waals surface area contributed by atoms with Crippen LogP contribution >= 0.6 is 11.3 Å². The molecule has 0 spiro atoms. The Hall–Kier alpha value is -1.44. The molecule has 1 aromatic rings. The van der Waals surface area contributed by atoms with E-state index in [1.165, 1.54) is 11.3 Å². The van der Waals surface area contributed by atoms with Gasteiger partial charge in [0.1, 0.15) is 5.54 Å². The van der Waals surface area contributed by atoms with Crippen molar-refractivity contribution in [2.24, 2.45) is 0 Å². The topological polar surface area (TPSA) is 70.7 Å². The fourth-order valence-electron chi connectivity index (χ4n) is 2.36. The molecule has 1 fully saturated rings. The van der Waals surface area contributed by atoms with Gasteiger partial charge in [-0.3, -0.25) is 14.5 Å². The molecule has 0 unspecified atom stereocenters. The molecule has 6 nitrogen and oxygen atoms in total. The molecule has 23 heavy (non-hydrogen) atoms. The van der Waals surface area contributed by atoms with Gasteiger partial charge in [0.25, 0.3) is 5.91 Å². The van der Waals surface area contributed by atoms with Crippen LogP contribution in [0.3, 0.4) is 0 Å². The van der Waals surface area contributed by atoms with Gasteiger partial charge < -0.3 is 15.4 Å². The third kappa shape index (κ3) is 5.60. The minimum atomic E-state index is -0.931. The summed E-state index contributed by atoms with van der Waals surface area (Å²) in [4.78, 5) is 27.3. The highest BCUT2D eigenvalue weighted by Crippen LogP contribution is 2.11. The van der Waals surface area contributed by atoms with E-state index in [1.54, 1.807) is 19.9 Å². The number of morpholine rings is 1. The molecule has 0 radical (unpaired) electrons. The maximum absolute atomic E-state index is 12.3. The van der Waals surface area contributed by atoms with Gasteiger partial charge in [0, 0.05) is 19.6 Å². The van der Waals surface area contributed by atoms with Crippen molar-refractivity contribution in [3.8, 4) is 0 Å². The molecule has 1 aliphatic heterocycles. The molecule has 2 rings (SSSR count). The van der Waals surface area contributed by atoms with Gasteiger partial charge in [-0.15, -0.1) is 11.3 Å². The number of nitrogens with one attached hydrogen (secondary N) is 2. The third-order valence-electron chi connectivity index (χ3n) is 3.78. The van der Waals surface area contributed by atoms with E-state index in [2.05, 4.69) is 15.5 Å². The molecular formula is C16H25N3O3S. The lowest BCUT2D eigenvalue weighted by Crippen LogP contribution is -2.54. The fraction of sp³-hybridized carbons (Fsp3) is 0.625. The number of ether oxygens (including phenoxy) is 1. The Morgan fingerprint density at radius 2 is 2.09 bits per heavy atom. The summed E-state index contributed by atoms with van der Waals surface area (Å²) in [5.74, 6) is -0.377. The largest absolute Gasteiger partial charge is 0.379 e. The minimum Gasteiger partial charge on any atom is -0.379 e. The van der Waals surface area contributed by atoms with E-state index in [0.717, 1.165) is 39.3 Å². The number of amides is 2. The second kappa shape index (κ2) is 8.42. The first-order valence-corrected chi connectivity index (χ1v) is 8.81. The van der Waals surface area contributed by atoms with Gasteiger partial charge in [-0.25, -0.2) is 0 Å². The summed E-state index contributed by atoms with van der Waals surface area (Å²) in [5, 5.41) is 7.53. The Morgan fingerprint density at radius 1 is 1.35 bits per heavy atom. The molecule has 0 atom stereocenters. The van der Waals surface area contributed by atoms with Gasteiger partial charge in [0.05, 0.1) is 18.1 Å². The molecule has 128 valence electrons. The van der Waals surface area contributed by atoms with Crippen LogP contribution in [0, 0.1) is 0 Å². The van der Waals surface area contributed by atoms with Crippen molar-refractivity contribution in [2.45, 2.75) is 25.8 Å². The maximum Gasteiger partial charge on any atom is 0.262 e. The second-order valence-electron chi connectivity index (χ2n) is 6.12. The first-order valence-electron chi connectivity index (χ1n) is 7.93. The van der Waals surface area contributed by atoms with Gasteiger partial charge in [-0.1, -0.05) is 6.07 Å². The highest BCUT2D eigenvalue weighted by molar-refractivity contribution is 7.12. The molecule has 0 saturated carbocycles. The molecule has 0 bridgehead atoms. The molecule has 7 heteroatoms. The van der Waals surface area contributed by atoms with Crippen LogP contribution in [-0.2, 0) is 9.53 Å². The van der Waals surface area contributed by atoms with Crippen LogP contribution in [0.5, 0.6) is 0 Å². The number of nitrogens with zero attached hydrogens (tertiary/aromatic N) is 1. The third-order valence-corrected chi connectivity index (χ3v) is 4.65. The SMILES string of the molecule is CC(C)(NC(=O)c1cccs1)C(=O)NCCCN1CCOCC1. The maximum atomic E-state index is 12.3. The lowest BCUT2D eigenvalue weighted by atomic mass is 10.0. The number of carbonyl (C=O) groups is 2. The predicted octanol–water partition coefficient (Wildman–Crippen LogP) is 1.10. The lowest BCUT2D eigenvalue weighted by molar-refractivity contribution is -0.126. The van der Waals surface area contributed by atoms with E-state index in [9.17, 15) is 9.59 Å². The van der Waals surface area contributed by atoms with E-state index in [4.69, 9.17) is 4.74 Å².